The van der Waals surface area contributed by atoms with E-state index in [1.165, 1.54) is 87.6 Å². The van der Waals surface area contributed by atoms with Crippen LogP contribution in [0.15, 0.2) is 218 Å². The van der Waals surface area contributed by atoms with Crippen LogP contribution in [0.3, 0.4) is 0 Å². The summed E-state index contributed by atoms with van der Waals surface area (Å²) in [4.78, 5) is 7.48. The lowest BCUT2D eigenvalue weighted by Gasteiger charge is -2.33. The van der Waals surface area contributed by atoms with Crippen molar-refractivity contribution >= 4 is 71.2 Å². The molecule has 11 aromatic carbocycles. The fourth-order valence-corrected chi connectivity index (χ4v) is 10.4. The van der Waals surface area contributed by atoms with Crippen molar-refractivity contribution in [3.63, 3.8) is 0 Å². The minimum absolute atomic E-state index is 0.849. The van der Waals surface area contributed by atoms with Gasteiger partial charge in [0.25, 0.3) is 0 Å². The SMILES string of the molecule is CCc1nc2cccc3c2n1-c1ccc(-c2ccc(-c4ccc5c(-c6ccc7ccccc7c6)c6ccccc6c(-c6ccc7ccccc7c6)c5c4)cc2)cc1N3c1ccccc1. The monoisotopic (exact) mass is 815 g/mol. The van der Waals surface area contributed by atoms with Crippen LogP contribution in [0.1, 0.15) is 12.7 Å². The van der Waals surface area contributed by atoms with Crippen molar-refractivity contribution in [2.24, 2.45) is 0 Å². The number of fused-ring (bicyclic) bond motifs is 6. The van der Waals surface area contributed by atoms with E-state index in [4.69, 9.17) is 4.98 Å². The molecule has 0 aliphatic carbocycles. The van der Waals surface area contributed by atoms with Crippen molar-refractivity contribution < 1.29 is 0 Å². The van der Waals surface area contributed by atoms with E-state index in [2.05, 4.69) is 235 Å². The molecule has 12 aromatic rings. The second-order valence-electron chi connectivity index (χ2n) is 17.0. The first-order chi connectivity index (χ1) is 31.7. The highest BCUT2D eigenvalue weighted by Gasteiger charge is 2.29. The summed E-state index contributed by atoms with van der Waals surface area (Å²) in [6.45, 7) is 2.19. The number of aromatic nitrogens is 2. The first-order valence-electron chi connectivity index (χ1n) is 22.3. The predicted molar refractivity (Wildman–Crippen MR) is 270 cm³/mol. The molecule has 1 aromatic heterocycles. The molecule has 0 fully saturated rings. The summed E-state index contributed by atoms with van der Waals surface area (Å²) < 4.78 is 2.37. The second kappa shape index (κ2) is 14.4. The molecular weight excluding hydrogens is 775 g/mol. The van der Waals surface area contributed by atoms with Gasteiger partial charge in [0.05, 0.1) is 28.1 Å². The van der Waals surface area contributed by atoms with Gasteiger partial charge >= 0.3 is 0 Å². The first-order valence-corrected chi connectivity index (χ1v) is 22.3. The van der Waals surface area contributed by atoms with Crippen LogP contribution in [0.5, 0.6) is 0 Å². The maximum Gasteiger partial charge on any atom is 0.114 e. The third kappa shape index (κ3) is 5.64. The van der Waals surface area contributed by atoms with Crippen LogP contribution >= 0.6 is 0 Å². The topological polar surface area (TPSA) is 21.1 Å². The van der Waals surface area contributed by atoms with Gasteiger partial charge in [0, 0.05) is 12.1 Å². The lowest BCUT2D eigenvalue weighted by molar-refractivity contribution is 0.900. The van der Waals surface area contributed by atoms with E-state index in [9.17, 15) is 0 Å². The number of hydrogen-bond acceptors (Lipinski definition) is 2. The van der Waals surface area contributed by atoms with Crippen LogP contribution in [-0.4, -0.2) is 9.55 Å². The number of para-hydroxylation sites is 2. The number of imidazole rings is 1. The first kappa shape index (κ1) is 36.4. The summed E-state index contributed by atoms with van der Waals surface area (Å²) in [5.74, 6) is 1.07. The Bertz CT molecular complexity index is 3820. The quantitative estimate of drug-likeness (QED) is 0.156. The highest BCUT2D eigenvalue weighted by Crippen LogP contribution is 2.49. The van der Waals surface area contributed by atoms with Gasteiger partial charge in [-0.25, -0.2) is 4.98 Å². The zero-order valence-electron chi connectivity index (χ0n) is 35.3. The number of hydrogen-bond donors (Lipinski definition) is 0. The molecule has 2 heterocycles. The van der Waals surface area contributed by atoms with Gasteiger partial charge in [-0.2, -0.15) is 0 Å². The number of anilines is 3. The summed E-state index contributed by atoms with van der Waals surface area (Å²) in [7, 11) is 0. The van der Waals surface area contributed by atoms with E-state index in [-0.39, 0.29) is 0 Å². The molecule has 1 aliphatic heterocycles. The summed E-state index contributed by atoms with van der Waals surface area (Å²) >= 11 is 0. The highest BCUT2D eigenvalue weighted by molar-refractivity contribution is 6.22. The lowest BCUT2D eigenvalue weighted by atomic mass is 9.84. The average molecular weight is 816 g/mol. The van der Waals surface area contributed by atoms with E-state index in [0.717, 1.165) is 46.0 Å². The predicted octanol–water partition coefficient (Wildman–Crippen LogP) is 16.7. The van der Waals surface area contributed by atoms with Gasteiger partial charge in [-0.15, -0.1) is 0 Å². The normalized spacial score (nSPS) is 12.2. The summed E-state index contributed by atoms with van der Waals surface area (Å²) in [5.41, 5.74) is 16.4. The standard InChI is InChI=1S/C61H41N3/c1-2-58-62-54-21-12-22-56-61(54)64(58)55-34-32-46(38-57(55)63(56)49-17-4-3-5-18-49)42-25-23-41(24-26-42)45-31-33-52-53(37-45)60(48-30-28-40-14-7-9-16-44(40)36-48)51-20-11-10-19-50(51)59(52)47-29-27-39-13-6-8-15-43(39)35-47/h3-38H,2H2,1H3. The van der Waals surface area contributed by atoms with E-state index < -0.39 is 0 Å². The number of aryl methyl sites for hydroxylation is 1. The van der Waals surface area contributed by atoms with Crippen LogP contribution in [0.4, 0.5) is 17.1 Å². The molecule has 300 valence electrons. The Morgan fingerprint density at radius 1 is 0.359 bits per heavy atom. The zero-order chi connectivity index (χ0) is 42.3. The average Bonchev–Trinajstić information content (AvgIpc) is 3.75. The molecule has 64 heavy (non-hydrogen) atoms. The van der Waals surface area contributed by atoms with Gasteiger partial charge in [-0.05, 0) is 142 Å². The summed E-state index contributed by atoms with van der Waals surface area (Å²) in [6.07, 6.45) is 0.849. The molecule has 0 atom stereocenters. The summed E-state index contributed by atoms with van der Waals surface area (Å²) in [5, 5.41) is 9.98. The van der Waals surface area contributed by atoms with Crippen molar-refractivity contribution in [2.45, 2.75) is 13.3 Å². The number of rotatable bonds is 6. The minimum atomic E-state index is 0.849. The van der Waals surface area contributed by atoms with Crippen LogP contribution in [0.25, 0.3) is 104 Å². The molecule has 0 spiro atoms. The highest BCUT2D eigenvalue weighted by atomic mass is 15.2. The Hall–Kier alpha value is -8.27. The molecule has 13 rings (SSSR count). The van der Waals surface area contributed by atoms with Gasteiger partial charge < -0.3 is 4.90 Å². The smallest absolute Gasteiger partial charge is 0.114 e. The van der Waals surface area contributed by atoms with Gasteiger partial charge in [-0.1, -0.05) is 171 Å². The van der Waals surface area contributed by atoms with Gasteiger partial charge in [0.15, 0.2) is 0 Å². The maximum atomic E-state index is 5.08. The molecule has 0 bridgehead atoms. The Balaban J connectivity index is 0.968. The van der Waals surface area contributed by atoms with Crippen molar-refractivity contribution in [3.05, 3.63) is 224 Å². The van der Waals surface area contributed by atoms with Crippen LogP contribution in [0.2, 0.25) is 0 Å². The number of nitrogens with zero attached hydrogens (tertiary/aromatic N) is 3. The Morgan fingerprint density at radius 2 is 0.891 bits per heavy atom. The van der Waals surface area contributed by atoms with Crippen LogP contribution in [-0.2, 0) is 6.42 Å². The van der Waals surface area contributed by atoms with Gasteiger partial charge in [0.1, 0.15) is 5.82 Å². The number of benzene rings is 11. The second-order valence-corrected chi connectivity index (χ2v) is 17.0. The fraction of sp³-hybridized carbons (Fsp3) is 0.0328. The Morgan fingerprint density at radius 3 is 1.55 bits per heavy atom. The third-order valence-corrected chi connectivity index (χ3v) is 13.4. The Kier molecular flexibility index (Phi) is 8.19. The zero-order valence-corrected chi connectivity index (χ0v) is 35.3. The molecule has 0 N–H and O–H groups in total. The van der Waals surface area contributed by atoms with Crippen molar-refractivity contribution in [3.8, 4) is 50.2 Å². The minimum Gasteiger partial charge on any atom is -0.306 e. The van der Waals surface area contributed by atoms with E-state index >= 15 is 0 Å². The molecule has 3 nitrogen and oxygen atoms in total. The molecule has 3 heteroatoms. The summed E-state index contributed by atoms with van der Waals surface area (Å²) in [6, 6.07) is 80.4. The Labute approximate surface area is 371 Å². The molecule has 0 radical (unpaired) electrons. The molecule has 0 saturated carbocycles. The lowest BCUT2D eigenvalue weighted by Crippen LogP contribution is -2.19. The largest absolute Gasteiger partial charge is 0.306 e. The van der Waals surface area contributed by atoms with E-state index in [1.54, 1.807) is 0 Å². The van der Waals surface area contributed by atoms with Gasteiger partial charge in [-0.3, -0.25) is 4.57 Å². The molecule has 0 saturated heterocycles. The van der Waals surface area contributed by atoms with E-state index in [0.29, 0.717) is 0 Å². The maximum absolute atomic E-state index is 5.08. The van der Waals surface area contributed by atoms with E-state index in [1.807, 2.05) is 0 Å². The molecule has 1 aliphatic rings. The molecule has 0 amide bonds. The van der Waals surface area contributed by atoms with Crippen LogP contribution < -0.4 is 4.90 Å². The fourth-order valence-electron chi connectivity index (χ4n) is 10.4. The van der Waals surface area contributed by atoms with Crippen molar-refractivity contribution in [1.29, 1.82) is 0 Å². The van der Waals surface area contributed by atoms with Gasteiger partial charge in [0.2, 0.25) is 0 Å². The molecular formula is C61H41N3. The van der Waals surface area contributed by atoms with Crippen molar-refractivity contribution in [2.75, 3.05) is 4.90 Å². The third-order valence-electron chi connectivity index (χ3n) is 13.4. The van der Waals surface area contributed by atoms with Crippen molar-refractivity contribution in [1.82, 2.24) is 9.55 Å². The molecule has 0 unspecified atom stereocenters. The van der Waals surface area contributed by atoms with Crippen LogP contribution in [0, 0.1) is 0 Å².